The third-order valence-electron chi connectivity index (χ3n) is 3.49. The van der Waals surface area contributed by atoms with Gasteiger partial charge >= 0.3 is 6.03 Å². The van der Waals surface area contributed by atoms with Crippen LogP contribution in [0.5, 0.6) is 0 Å². The molecule has 0 heterocycles. The van der Waals surface area contributed by atoms with Gasteiger partial charge in [-0.3, -0.25) is 0 Å². The molecule has 5 heteroatoms. The number of hydrogen-bond acceptors (Lipinski definition) is 3. The molecule has 24 heavy (non-hydrogen) atoms. The predicted molar refractivity (Wildman–Crippen MR) is 95.2 cm³/mol. The van der Waals surface area contributed by atoms with Gasteiger partial charge in [0, 0.05) is 18.8 Å². The number of amides is 2. The van der Waals surface area contributed by atoms with Gasteiger partial charge in [-0.2, -0.15) is 0 Å². The largest absolute Gasteiger partial charge is 0.394 e. The normalized spacial score (nSPS) is 10.4. The summed E-state index contributed by atoms with van der Waals surface area (Å²) < 4.78 is 5.15. The molecular weight excluding hydrogens is 304 g/mol. The minimum absolute atomic E-state index is 0.0200. The Morgan fingerprint density at radius 1 is 1.00 bits per heavy atom. The summed E-state index contributed by atoms with van der Waals surface area (Å²) in [5.74, 6) is 0. The standard InChI is InChI=1S/C19H24N2O3/c22-12-14-24-13-6-11-20-19(23)21-18-10-5-4-9-17(18)15-16-7-2-1-3-8-16/h1-5,7-10,22H,6,11-15H2,(H2,20,21,23). The predicted octanol–water partition coefficient (Wildman–Crippen LogP) is 2.80. The Labute approximate surface area is 142 Å². The van der Waals surface area contributed by atoms with E-state index in [9.17, 15) is 4.79 Å². The molecule has 128 valence electrons. The Morgan fingerprint density at radius 3 is 2.54 bits per heavy atom. The molecule has 0 bridgehead atoms. The van der Waals surface area contributed by atoms with Crippen molar-refractivity contribution >= 4 is 11.7 Å². The van der Waals surface area contributed by atoms with E-state index in [2.05, 4.69) is 22.8 Å². The lowest BCUT2D eigenvalue weighted by Gasteiger charge is -2.12. The van der Waals surface area contributed by atoms with Crippen LogP contribution in [0.3, 0.4) is 0 Å². The highest BCUT2D eigenvalue weighted by Gasteiger charge is 2.06. The van der Waals surface area contributed by atoms with E-state index < -0.39 is 0 Å². The Balaban J connectivity index is 1.82. The van der Waals surface area contributed by atoms with Gasteiger partial charge in [-0.1, -0.05) is 48.5 Å². The highest BCUT2D eigenvalue weighted by atomic mass is 16.5. The molecule has 2 aromatic carbocycles. The molecule has 0 fully saturated rings. The van der Waals surface area contributed by atoms with Crippen molar-refractivity contribution in [1.29, 1.82) is 0 Å². The van der Waals surface area contributed by atoms with Gasteiger partial charge < -0.3 is 20.5 Å². The second kappa shape index (κ2) is 10.4. The summed E-state index contributed by atoms with van der Waals surface area (Å²) in [7, 11) is 0. The fourth-order valence-electron chi connectivity index (χ4n) is 2.32. The summed E-state index contributed by atoms with van der Waals surface area (Å²) in [5.41, 5.74) is 3.09. The first kappa shape index (κ1) is 18.0. The number of ether oxygens (including phenoxy) is 1. The molecule has 0 aromatic heterocycles. The lowest BCUT2D eigenvalue weighted by molar-refractivity contribution is 0.0910. The molecule has 0 spiro atoms. The van der Waals surface area contributed by atoms with Crippen molar-refractivity contribution in [3.8, 4) is 0 Å². The van der Waals surface area contributed by atoms with Crippen molar-refractivity contribution in [2.75, 3.05) is 31.7 Å². The van der Waals surface area contributed by atoms with Crippen molar-refractivity contribution in [3.63, 3.8) is 0 Å². The summed E-state index contributed by atoms with van der Waals surface area (Å²) in [6.45, 7) is 1.40. The second-order valence-electron chi connectivity index (χ2n) is 5.39. The van der Waals surface area contributed by atoms with Crippen LogP contribution in [0.4, 0.5) is 10.5 Å². The SMILES string of the molecule is O=C(NCCCOCCO)Nc1ccccc1Cc1ccccc1. The number of urea groups is 1. The number of aliphatic hydroxyl groups excluding tert-OH is 1. The third-order valence-corrected chi connectivity index (χ3v) is 3.49. The first-order valence-corrected chi connectivity index (χ1v) is 8.15. The molecule has 0 radical (unpaired) electrons. The molecule has 5 nitrogen and oxygen atoms in total. The van der Waals surface area contributed by atoms with Gasteiger partial charge in [0.1, 0.15) is 0 Å². The number of hydrogen-bond donors (Lipinski definition) is 3. The third kappa shape index (κ3) is 6.40. The summed E-state index contributed by atoms with van der Waals surface area (Å²) in [6.07, 6.45) is 1.48. The van der Waals surface area contributed by atoms with Crippen LogP contribution in [0.2, 0.25) is 0 Å². The van der Waals surface area contributed by atoms with Crippen molar-refractivity contribution in [2.45, 2.75) is 12.8 Å². The monoisotopic (exact) mass is 328 g/mol. The van der Waals surface area contributed by atoms with Gasteiger partial charge in [0.2, 0.25) is 0 Å². The average Bonchev–Trinajstić information content (AvgIpc) is 2.61. The smallest absolute Gasteiger partial charge is 0.319 e. The van der Waals surface area contributed by atoms with E-state index in [1.807, 2.05) is 42.5 Å². The van der Waals surface area contributed by atoms with Crippen molar-refractivity contribution in [2.24, 2.45) is 0 Å². The van der Waals surface area contributed by atoms with Gasteiger partial charge in [-0.15, -0.1) is 0 Å². The molecule has 0 aliphatic carbocycles. The highest BCUT2D eigenvalue weighted by Crippen LogP contribution is 2.18. The van der Waals surface area contributed by atoms with E-state index in [4.69, 9.17) is 9.84 Å². The van der Waals surface area contributed by atoms with Gasteiger partial charge in [0.15, 0.2) is 0 Å². The van der Waals surface area contributed by atoms with Gasteiger partial charge in [-0.05, 0) is 30.0 Å². The van der Waals surface area contributed by atoms with Gasteiger partial charge in [-0.25, -0.2) is 4.79 Å². The second-order valence-corrected chi connectivity index (χ2v) is 5.39. The molecule has 0 unspecified atom stereocenters. The van der Waals surface area contributed by atoms with Crippen molar-refractivity contribution in [3.05, 3.63) is 65.7 Å². The molecule has 0 saturated carbocycles. The first-order chi connectivity index (χ1) is 11.8. The van der Waals surface area contributed by atoms with E-state index >= 15 is 0 Å². The molecule has 0 saturated heterocycles. The van der Waals surface area contributed by atoms with E-state index in [1.165, 1.54) is 5.56 Å². The van der Waals surface area contributed by atoms with Gasteiger partial charge in [0.05, 0.1) is 13.2 Å². The fourth-order valence-corrected chi connectivity index (χ4v) is 2.32. The van der Waals surface area contributed by atoms with Crippen molar-refractivity contribution < 1.29 is 14.6 Å². The first-order valence-electron chi connectivity index (χ1n) is 8.15. The maximum Gasteiger partial charge on any atom is 0.319 e. The molecule has 0 aliphatic rings. The number of carbonyl (C=O) groups is 1. The molecule has 0 aliphatic heterocycles. The van der Waals surface area contributed by atoms with Crippen molar-refractivity contribution in [1.82, 2.24) is 5.32 Å². The number of benzene rings is 2. The molecule has 2 aromatic rings. The molecule has 2 amide bonds. The summed E-state index contributed by atoms with van der Waals surface area (Å²) in [4.78, 5) is 12.0. The maximum absolute atomic E-state index is 12.0. The zero-order chi connectivity index (χ0) is 17.0. The van der Waals surface area contributed by atoms with Gasteiger partial charge in [0.25, 0.3) is 0 Å². The van der Waals surface area contributed by atoms with Crippen LogP contribution >= 0.6 is 0 Å². The Hall–Kier alpha value is -2.37. The summed E-state index contributed by atoms with van der Waals surface area (Å²) >= 11 is 0. The summed E-state index contributed by atoms with van der Waals surface area (Å²) in [5, 5.41) is 14.3. The maximum atomic E-state index is 12.0. The number of rotatable bonds is 9. The number of aliphatic hydroxyl groups is 1. The minimum atomic E-state index is -0.224. The Bertz CT molecular complexity index is 617. The van der Waals surface area contributed by atoms with Crippen LogP contribution in [0.1, 0.15) is 17.5 Å². The number of carbonyl (C=O) groups excluding carboxylic acids is 1. The lowest BCUT2D eigenvalue weighted by atomic mass is 10.0. The van der Waals surface area contributed by atoms with Crippen LogP contribution in [0, 0.1) is 0 Å². The van der Waals surface area contributed by atoms with Crippen LogP contribution in [-0.2, 0) is 11.2 Å². The fraction of sp³-hybridized carbons (Fsp3) is 0.316. The number of anilines is 1. The average molecular weight is 328 g/mol. The molecule has 3 N–H and O–H groups in total. The molecule has 0 atom stereocenters. The number of nitrogens with one attached hydrogen (secondary N) is 2. The number of para-hydroxylation sites is 1. The molecule has 2 rings (SSSR count). The Kier molecular flexibility index (Phi) is 7.80. The topological polar surface area (TPSA) is 70.6 Å². The quantitative estimate of drug-likeness (QED) is 0.620. The van der Waals surface area contributed by atoms with E-state index in [1.54, 1.807) is 0 Å². The Morgan fingerprint density at radius 2 is 1.75 bits per heavy atom. The van der Waals surface area contributed by atoms with Crippen LogP contribution in [0.25, 0.3) is 0 Å². The zero-order valence-corrected chi connectivity index (χ0v) is 13.7. The highest BCUT2D eigenvalue weighted by molar-refractivity contribution is 5.90. The molecular formula is C19H24N2O3. The lowest BCUT2D eigenvalue weighted by Crippen LogP contribution is -2.30. The van der Waals surface area contributed by atoms with Crippen LogP contribution < -0.4 is 10.6 Å². The summed E-state index contributed by atoms with van der Waals surface area (Å²) in [6, 6.07) is 17.7. The van der Waals surface area contributed by atoms with E-state index in [0.717, 1.165) is 17.7 Å². The zero-order valence-electron chi connectivity index (χ0n) is 13.7. The van der Waals surface area contributed by atoms with E-state index in [-0.39, 0.29) is 12.6 Å². The van der Waals surface area contributed by atoms with Crippen LogP contribution in [0.15, 0.2) is 54.6 Å². The van der Waals surface area contributed by atoms with E-state index in [0.29, 0.717) is 26.2 Å². The van der Waals surface area contributed by atoms with Crippen LogP contribution in [-0.4, -0.2) is 37.5 Å². The minimum Gasteiger partial charge on any atom is -0.394 e.